The molecule has 2 amide bonds. The van der Waals surface area contributed by atoms with Gasteiger partial charge in [-0.25, -0.2) is 0 Å². The molecule has 3 aromatic rings. The number of hydrogen-bond donors (Lipinski definition) is 2. The van der Waals surface area contributed by atoms with Gasteiger partial charge in [-0.1, -0.05) is 72.3 Å². The average Bonchev–Trinajstić information content (AvgIpc) is 2.83. The molecule has 0 aromatic heterocycles. The largest absolute Gasteiger partial charge is 0.446 e. The predicted octanol–water partition coefficient (Wildman–Crippen LogP) is 3.83. The summed E-state index contributed by atoms with van der Waals surface area (Å²) in [7, 11) is 0. The molecule has 0 radical (unpaired) electrons. The number of non-ortho nitro benzene ring substituents is 1. The van der Waals surface area contributed by atoms with Crippen LogP contribution in [0.15, 0.2) is 78.9 Å². The van der Waals surface area contributed by atoms with Gasteiger partial charge in [-0.15, -0.1) is 0 Å². The SMILES string of the molecule is O=C(Cc1ccccc1)NCC(=O)OC(C(=O)Nc1ccc([N+](=O)[O-])cc1Cl)c1ccccc1. The number of anilines is 1. The molecule has 0 bridgehead atoms. The second-order valence-corrected chi connectivity index (χ2v) is 7.54. The molecule has 3 rings (SSSR count). The van der Waals surface area contributed by atoms with Crippen LogP contribution >= 0.6 is 11.6 Å². The predicted molar refractivity (Wildman–Crippen MR) is 125 cm³/mol. The second kappa shape index (κ2) is 11.6. The van der Waals surface area contributed by atoms with Crippen molar-refractivity contribution in [3.05, 3.63) is 105 Å². The van der Waals surface area contributed by atoms with Gasteiger partial charge in [-0.05, 0) is 11.6 Å². The first-order valence-corrected chi connectivity index (χ1v) is 10.5. The van der Waals surface area contributed by atoms with Crippen molar-refractivity contribution in [1.82, 2.24) is 5.32 Å². The lowest BCUT2D eigenvalue weighted by Crippen LogP contribution is -2.34. The fraction of sp³-hybridized carbons (Fsp3) is 0.125. The Balaban J connectivity index is 1.66. The van der Waals surface area contributed by atoms with Crippen molar-refractivity contribution in [2.45, 2.75) is 12.5 Å². The monoisotopic (exact) mass is 481 g/mol. The highest BCUT2D eigenvalue weighted by Gasteiger charge is 2.26. The van der Waals surface area contributed by atoms with Crippen LogP contribution < -0.4 is 10.6 Å². The highest BCUT2D eigenvalue weighted by molar-refractivity contribution is 6.34. The van der Waals surface area contributed by atoms with Crippen molar-refractivity contribution in [1.29, 1.82) is 0 Å². The van der Waals surface area contributed by atoms with E-state index >= 15 is 0 Å². The normalized spacial score (nSPS) is 11.2. The highest BCUT2D eigenvalue weighted by atomic mass is 35.5. The first-order valence-electron chi connectivity index (χ1n) is 10.1. The van der Waals surface area contributed by atoms with Crippen LogP contribution in [0.1, 0.15) is 17.2 Å². The minimum absolute atomic E-state index is 0.0473. The summed E-state index contributed by atoms with van der Waals surface area (Å²) in [5.41, 5.74) is 1.06. The van der Waals surface area contributed by atoms with Crippen LogP contribution in [0.5, 0.6) is 0 Å². The molecule has 2 N–H and O–H groups in total. The summed E-state index contributed by atoms with van der Waals surface area (Å²) in [6, 6.07) is 20.9. The molecule has 10 heteroatoms. The molecule has 0 aliphatic rings. The summed E-state index contributed by atoms with van der Waals surface area (Å²) in [6.45, 7) is -0.430. The molecular formula is C24H20ClN3O6. The molecule has 0 aliphatic carbocycles. The summed E-state index contributed by atoms with van der Waals surface area (Å²) in [5.74, 6) is -1.91. The Morgan fingerprint density at radius 1 is 0.971 bits per heavy atom. The van der Waals surface area contributed by atoms with E-state index in [2.05, 4.69) is 10.6 Å². The Morgan fingerprint density at radius 2 is 1.62 bits per heavy atom. The van der Waals surface area contributed by atoms with Gasteiger partial charge in [-0.3, -0.25) is 24.5 Å². The van der Waals surface area contributed by atoms with E-state index < -0.39 is 29.4 Å². The number of amides is 2. The molecule has 0 saturated carbocycles. The maximum Gasteiger partial charge on any atom is 0.326 e. The van der Waals surface area contributed by atoms with Gasteiger partial charge >= 0.3 is 5.97 Å². The Labute approximate surface area is 199 Å². The Morgan fingerprint density at radius 3 is 2.24 bits per heavy atom. The van der Waals surface area contributed by atoms with Gasteiger partial charge in [-0.2, -0.15) is 0 Å². The Kier molecular flexibility index (Phi) is 8.31. The van der Waals surface area contributed by atoms with Crippen molar-refractivity contribution < 1.29 is 24.0 Å². The van der Waals surface area contributed by atoms with Crippen molar-refractivity contribution in [3.8, 4) is 0 Å². The van der Waals surface area contributed by atoms with E-state index in [-0.39, 0.29) is 28.7 Å². The smallest absolute Gasteiger partial charge is 0.326 e. The van der Waals surface area contributed by atoms with Crippen molar-refractivity contribution in [3.63, 3.8) is 0 Å². The number of rotatable bonds is 9. The molecule has 174 valence electrons. The van der Waals surface area contributed by atoms with E-state index in [1.165, 1.54) is 12.1 Å². The molecule has 34 heavy (non-hydrogen) atoms. The zero-order valence-corrected chi connectivity index (χ0v) is 18.5. The maximum absolute atomic E-state index is 12.9. The van der Waals surface area contributed by atoms with E-state index in [1.54, 1.807) is 54.6 Å². The van der Waals surface area contributed by atoms with Crippen LogP contribution in [0.25, 0.3) is 0 Å². The molecule has 3 aromatic carbocycles. The van der Waals surface area contributed by atoms with Gasteiger partial charge < -0.3 is 15.4 Å². The summed E-state index contributed by atoms with van der Waals surface area (Å²) in [4.78, 5) is 47.7. The van der Waals surface area contributed by atoms with Crippen LogP contribution in [-0.4, -0.2) is 29.3 Å². The molecule has 0 fully saturated rings. The Bertz CT molecular complexity index is 1190. The third-order valence-corrected chi connectivity index (χ3v) is 4.96. The van der Waals surface area contributed by atoms with Crippen LogP contribution in [-0.2, 0) is 25.5 Å². The van der Waals surface area contributed by atoms with Crippen molar-refractivity contribution in [2.24, 2.45) is 0 Å². The number of carbonyl (C=O) groups excluding carboxylic acids is 3. The number of nitrogens with one attached hydrogen (secondary N) is 2. The van der Waals surface area contributed by atoms with Gasteiger partial charge in [0.1, 0.15) is 6.54 Å². The van der Waals surface area contributed by atoms with Crippen LogP contribution in [0.3, 0.4) is 0 Å². The van der Waals surface area contributed by atoms with Gasteiger partial charge in [0, 0.05) is 17.7 Å². The Hall–Kier alpha value is -4.24. The van der Waals surface area contributed by atoms with Crippen molar-refractivity contribution in [2.75, 3.05) is 11.9 Å². The standard InChI is InChI=1S/C24H20ClN3O6/c25-19-14-18(28(32)33)11-12-20(19)27-24(31)23(17-9-5-2-6-10-17)34-22(30)15-26-21(29)13-16-7-3-1-4-8-16/h1-12,14,23H,13,15H2,(H,26,29)(H,27,31). The summed E-state index contributed by atoms with van der Waals surface area (Å²) >= 11 is 6.05. The fourth-order valence-electron chi connectivity index (χ4n) is 3.01. The lowest BCUT2D eigenvalue weighted by Gasteiger charge is -2.18. The minimum atomic E-state index is -1.34. The van der Waals surface area contributed by atoms with E-state index in [1.807, 2.05) is 6.07 Å². The van der Waals surface area contributed by atoms with Gasteiger partial charge in [0.15, 0.2) is 0 Å². The molecule has 9 nitrogen and oxygen atoms in total. The number of esters is 1. The number of nitrogens with zero attached hydrogens (tertiary/aromatic N) is 1. The third kappa shape index (κ3) is 6.88. The number of halogens is 1. The first kappa shape index (κ1) is 24.4. The molecule has 1 atom stereocenters. The van der Waals surface area contributed by atoms with Crippen molar-refractivity contribution >= 4 is 40.8 Å². The lowest BCUT2D eigenvalue weighted by atomic mass is 10.1. The molecule has 0 saturated heterocycles. The minimum Gasteiger partial charge on any atom is -0.446 e. The van der Waals surface area contributed by atoms with Crippen LogP contribution in [0.2, 0.25) is 5.02 Å². The summed E-state index contributed by atoms with van der Waals surface area (Å²) in [5, 5.41) is 15.8. The quantitative estimate of drug-likeness (QED) is 0.271. The molecule has 0 aliphatic heterocycles. The van der Waals surface area contributed by atoms with Crippen LogP contribution in [0, 0.1) is 10.1 Å². The molecular weight excluding hydrogens is 462 g/mol. The third-order valence-electron chi connectivity index (χ3n) is 4.65. The van der Waals surface area contributed by atoms with Gasteiger partial charge in [0.25, 0.3) is 11.6 Å². The molecule has 0 spiro atoms. The number of nitro benzene ring substituents is 1. The number of carbonyl (C=O) groups is 3. The highest BCUT2D eigenvalue weighted by Crippen LogP contribution is 2.28. The second-order valence-electron chi connectivity index (χ2n) is 7.13. The zero-order chi connectivity index (χ0) is 24.5. The van der Waals surface area contributed by atoms with Gasteiger partial charge in [0.05, 0.1) is 22.1 Å². The lowest BCUT2D eigenvalue weighted by molar-refractivity contribution is -0.384. The molecule has 1 unspecified atom stereocenters. The first-order chi connectivity index (χ1) is 16.3. The topological polar surface area (TPSA) is 128 Å². The number of benzene rings is 3. The summed E-state index contributed by atoms with van der Waals surface area (Å²) in [6.07, 6.45) is -1.25. The average molecular weight is 482 g/mol. The maximum atomic E-state index is 12.9. The van der Waals surface area contributed by atoms with E-state index in [0.717, 1.165) is 11.6 Å². The van der Waals surface area contributed by atoms with E-state index in [9.17, 15) is 24.5 Å². The number of nitro groups is 1. The van der Waals surface area contributed by atoms with Gasteiger partial charge in [0.2, 0.25) is 12.0 Å². The number of hydrogen-bond acceptors (Lipinski definition) is 6. The summed E-state index contributed by atoms with van der Waals surface area (Å²) < 4.78 is 5.36. The van der Waals surface area contributed by atoms with E-state index in [4.69, 9.17) is 16.3 Å². The molecule has 0 heterocycles. The fourth-order valence-corrected chi connectivity index (χ4v) is 3.23. The zero-order valence-electron chi connectivity index (χ0n) is 17.8. The van der Waals surface area contributed by atoms with E-state index in [0.29, 0.717) is 5.56 Å². The van der Waals surface area contributed by atoms with Crippen LogP contribution in [0.4, 0.5) is 11.4 Å². The number of ether oxygens (including phenoxy) is 1.